The maximum atomic E-state index is 12.8. The van der Waals surface area contributed by atoms with Crippen molar-refractivity contribution in [1.82, 2.24) is 15.1 Å². The number of nitrogens with zero attached hydrogens (tertiary/aromatic N) is 2. The van der Waals surface area contributed by atoms with E-state index in [1.807, 2.05) is 4.68 Å². The minimum absolute atomic E-state index is 0.210. The Bertz CT molecular complexity index is 702. The van der Waals surface area contributed by atoms with E-state index in [0.29, 0.717) is 0 Å². The molecule has 1 N–H and O–H groups in total. The van der Waals surface area contributed by atoms with Gasteiger partial charge in [-0.2, -0.15) is 18.3 Å². The summed E-state index contributed by atoms with van der Waals surface area (Å²) < 4.78 is 40.5. The highest BCUT2D eigenvalue weighted by Gasteiger charge is 2.30. The first-order valence-electron chi connectivity index (χ1n) is 8.40. The molecule has 130 valence electrons. The lowest BCUT2D eigenvalue weighted by atomic mass is 10.0. The summed E-state index contributed by atoms with van der Waals surface area (Å²) in [7, 11) is 0. The molecule has 3 rings (SSSR count). The van der Waals surface area contributed by atoms with Crippen molar-refractivity contribution in [2.24, 2.45) is 0 Å². The lowest BCUT2D eigenvalue weighted by Gasteiger charge is -2.16. The van der Waals surface area contributed by atoms with Gasteiger partial charge >= 0.3 is 6.18 Å². The molecule has 0 saturated carbocycles. The Labute approximate surface area is 139 Å². The largest absolute Gasteiger partial charge is 0.416 e. The standard InChI is InChI=1S/C18H22F3N3/c1-3-12(2)24-17(15-8-10-22-11-9-16(15)23-24)13-4-6-14(7-5-13)18(19,20)21/h4-7,12,22H,3,8-11H2,1-2H3. The summed E-state index contributed by atoms with van der Waals surface area (Å²) in [5, 5.41) is 8.14. The predicted octanol–water partition coefficient (Wildman–Crippen LogP) is 4.23. The fourth-order valence-electron chi connectivity index (χ4n) is 3.14. The predicted molar refractivity (Wildman–Crippen MR) is 87.9 cm³/mol. The van der Waals surface area contributed by atoms with Gasteiger partial charge in [0.1, 0.15) is 0 Å². The van der Waals surface area contributed by atoms with Crippen LogP contribution in [0.2, 0.25) is 0 Å². The van der Waals surface area contributed by atoms with Crippen LogP contribution in [0.15, 0.2) is 24.3 Å². The van der Waals surface area contributed by atoms with Gasteiger partial charge in [-0.25, -0.2) is 0 Å². The van der Waals surface area contributed by atoms with Crippen LogP contribution < -0.4 is 5.32 Å². The molecule has 1 unspecified atom stereocenters. The van der Waals surface area contributed by atoms with Gasteiger partial charge in [-0.05, 0) is 38.4 Å². The number of hydrogen-bond acceptors (Lipinski definition) is 2. The van der Waals surface area contributed by atoms with E-state index in [2.05, 4.69) is 19.2 Å². The fourth-order valence-corrected chi connectivity index (χ4v) is 3.14. The van der Waals surface area contributed by atoms with Gasteiger partial charge in [0, 0.05) is 30.1 Å². The van der Waals surface area contributed by atoms with Crippen molar-refractivity contribution in [3.8, 4) is 11.3 Å². The summed E-state index contributed by atoms with van der Waals surface area (Å²) >= 11 is 0. The Morgan fingerprint density at radius 2 is 1.83 bits per heavy atom. The van der Waals surface area contributed by atoms with Crippen molar-refractivity contribution in [3.63, 3.8) is 0 Å². The van der Waals surface area contributed by atoms with Crippen LogP contribution in [-0.4, -0.2) is 22.9 Å². The van der Waals surface area contributed by atoms with Gasteiger partial charge in [0.25, 0.3) is 0 Å². The average molecular weight is 337 g/mol. The SMILES string of the molecule is CCC(C)n1nc2c(c1-c1ccc(C(F)(F)F)cc1)CCNCC2. The molecule has 0 fully saturated rings. The van der Waals surface area contributed by atoms with E-state index < -0.39 is 11.7 Å². The monoisotopic (exact) mass is 337 g/mol. The smallest absolute Gasteiger partial charge is 0.316 e. The molecule has 1 aromatic carbocycles. The molecule has 1 aliphatic rings. The summed E-state index contributed by atoms with van der Waals surface area (Å²) in [5.74, 6) is 0. The second-order valence-electron chi connectivity index (χ2n) is 6.30. The lowest BCUT2D eigenvalue weighted by Crippen LogP contribution is -2.17. The van der Waals surface area contributed by atoms with E-state index in [0.717, 1.165) is 61.4 Å². The number of hydrogen-bond donors (Lipinski definition) is 1. The van der Waals surface area contributed by atoms with Crippen molar-refractivity contribution in [2.45, 2.75) is 45.3 Å². The highest BCUT2D eigenvalue weighted by atomic mass is 19.4. The molecule has 1 aromatic heterocycles. The lowest BCUT2D eigenvalue weighted by molar-refractivity contribution is -0.137. The van der Waals surface area contributed by atoms with Crippen LogP contribution in [0, 0.1) is 0 Å². The summed E-state index contributed by atoms with van der Waals surface area (Å²) in [5.41, 5.74) is 3.39. The van der Waals surface area contributed by atoms with Crippen molar-refractivity contribution >= 4 is 0 Å². The Morgan fingerprint density at radius 1 is 1.17 bits per heavy atom. The Kier molecular flexibility index (Phi) is 4.67. The van der Waals surface area contributed by atoms with Crippen LogP contribution >= 0.6 is 0 Å². The number of nitrogens with one attached hydrogen (secondary N) is 1. The third-order valence-electron chi connectivity index (χ3n) is 4.68. The van der Waals surface area contributed by atoms with Gasteiger partial charge in [0.15, 0.2) is 0 Å². The third kappa shape index (κ3) is 3.20. The quantitative estimate of drug-likeness (QED) is 0.908. The summed E-state index contributed by atoms with van der Waals surface area (Å²) in [6, 6.07) is 5.66. The molecule has 1 aliphatic heterocycles. The van der Waals surface area contributed by atoms with Crippen molar-refractivity contribution in [2.75, 3.05) is 13.1 Å². The number of halogens is 3. The molecular weight excluding hydrogens is 315 g/mol. The minimum Gasteiger partial charge on any atom is -0.316 e. The molecule has 0 spiro atoms. The van der Waals surface area contributed by atoms with Crippen LogP contribution in [0.4, 0.5) is 13.2 Å². The maximum absolute atomic E-state index is 12.8. The van der Waals surface area contributed by atoms with Crippen LogP contribution in [0.3, 0.4) is 0 Å². The molecule has 1 atom stereocenters. The van der Waals surface area contributed by atoms with E-state index in [1.165, 1.54) is 5.56 Å². The first-order valence-corrected chi connectivity index (χ1v) is 8.40. The number of rotatable bonds is 3. The second kappa shape index (κ2) is 6.59. The zero-order chi connectivity index (χ0) is 17.3. The molecule has 0 amide bonds. The Morgan fingerprint density at radius 3 is 2.46 bits per heavy atom. The highest BCUT2D eigenvalue weighted by molar-refractivity contribution is 5.65. The average Bonchev–Trinajstić information content (AvgIpc) is 2.76. The molecule has 24 heavy (non-hydrogen) atoms. The van der Waals surface area contributed by atoms with Gasteiger partial charge in [-0.1, -0.05) is 19.1 Å². The first kappa shape index (κ1) is 17.0. The molecule has 0 radical (unpaired) electrons. The van der Waals surface area contributed by atoms with Crippen molar-refractivity contribution in [3.05, 3.63) is 41.1 Å². The zero-order valence-electron chi connectivity index (χ0n) is 14.0. The second-order valence-corrected chi connectivity index (χ2v) is 6.30. The molecule has 2 heterocycles. The van der Waals surface area contributed by atoms with Crippen molar-refractivity contribution in [1.29, 1.82) is 0 Å². The third-order valence-corrected chi connectivity index (χ3v) is 4.68. The van der Waals surface area contributed by atoms with Crippen LogP contribution in [0.1, 0.15) is 43.1 Å². The molecule has 3 nitrogen and oxygen atoms in total. The van der Waals surface area contributed by atoms with Crippen molar-refractivity contribution < 1.29 is 13.2 Å². The van der Waals surface area contributed by atoms with Crippen LogP contribution in [-0.2, 0) is 19.0 Å². The molecule has 0 aliphatic carbocycles. The number of alkyl halides is 3. The Hall–Kier alpha value is -1.82. The molecule has 2 aromatic rings. The van der Waals surface area contributed by atoms with Gasteiger partial charge in [0.05, 0.1) is 17.0 Å². The van der Waals surface area contributed by atoms with E-state index in [9.17, 15) is 13.2 Å². The minimum atomic E-state index is -4.31. The van der Waals surface area contributed by atoms with E-state index >= 15 is 0 Å². The van der Waals surface area contributed by atoms with Gasteiger partial charge in [-0.15, -0.1) is 0 Å². The normalized spacial score (nSPS) is 16.5. The highest BCUT2D eigenvalue weighted by Crippen LogP contribution is 2.34. The summed E-state index contributed by atoms with van der Waals surface area (Å²) in [4.78, 5) is 0. The van der Waals surface area contributed by atoms with E-state index in [1.54, 1.807) is 12.1 Å². The van der Waals surface area contributed by atoms with E-state index in [-0.39, 0.29) is 6.04 Å². The molecular formula is C18H22F3N3. The molecule has 0 saturated heterocycles. The zero-order valence-corrected chi connectivity index (χ0v) is 14.0. The van der Waals surface area contributed by atoms with Gasteiger partial charge < -0.3 is 5.32 Å². The molecule has 0 bridgehead atoms. The number of benzene rings is 1. The summed E-state index contributed by atoms with van der Waals surface area (Å²) in [6.07, 6.45) is -1.68. The Balaban J connectivity index is 2.09. The van der Waals surface area contributed by atoms with Gasteiger partial charge in [-0.3, -0.25) is 4.68 Å². The maximum Gasteiger partial charge on any atom is 0.416 e. The van der Waals surface area contributed by atoms with Crippen LogP contribution in [0.5, 0.6) is 0 Å². The first-order chi connectivity index (χ1) is 11.4. The fraction of sp³-hybridized carbons (Fsp3) is 0.500. The topological polar surface area (TPSA) is 29.9 Å². The molecule has 6 heteroatoms. The number of aromatic nitrogens is 2. The summed E-state index contributed by atoms with van der Waals surface area (Å²) in [6.45, 7) is 5.94. The van der Waals surface area contributed by atoms with Gasteiger partial charge in [0.2, 0.25) is 0 Å². The van der Waals surface area contributed by atoms with E-state index in [4.69, 9.17) is 5.10 Å². The van der Waals surface area contributed by atoms with Crippen LogP contribution in [0.25, 0.3) is 11.3 Å². The number of fused-ring (bicyclic) bond motifs is 1.